The molecule has 0 saturated carbocycles. The molecule has 2 aliphatic heterocycles. The summed E-state index contributed by atoms with van der Waals surface area (Å²) in [5, 5.41) is 5.59. The third kappa shape index (κ3) is 4.91. The largest absolute Gasteiger partial charge is 0.465 e. The van der Waals surface area contributed by atoms with E-state index in [4.69, 9.17) is 9.47 Å². The van der Waals surface area contributed by atoms with Crippen molar-refractivity contribution in [3.63, 3.8) is 0 Å². The van der Waals surface area contributed by atoms with Gasteiger partial charge in [-0.05, 0) is 19.3 Å². The van der Waals surface area contributed by atoms with Crippen molar-refractivity contribution >= 4 is 17.8 Å². The van der Waals surface area contributed by atoms with Crippen LogP contribution in [-0.2, 0) is 23.9 Å². The quantitative estimate of drug-likeness (QED) is 0.467. The second-order valence-electron chi connectivity index (χ2n) is 6.50. The summed E-state index contributed by atoms with van der Waals surface area (Å²) in [5.74, 6) is -0.597. The molecule has 2 amide bonds. The molecule has 8 nitrogen and oxygen atoms in total. The Labute approximate surface area is 142 Å². The van der Waals surface area contributed by atoms with Gasteiger partial charge in [0.15, 0.2) is 0 Å². The van der Waals surface area contributed by atoms with Crippen molar-refractivity contribution in [2.75, 3.05) is 32.9 Å². The molecule has 0 aromatic carbocycles. The van der Waals surface area contributed by atoms with Crippen LogP contribution in [0.15, 0.2) is 0 Å². The zero-order chi connectivity index (χ0) is 17.7. The van der Waals surface area contributed by atoms with Gasteiger partial charge in [-0.15, -0.1) is 0 Å². The molecule has 0 radical (unpaired) electrons. The molecular weight excluding hydrogens is 314 g/mol. The summed E-state index contributed by atoms with van der Waals surface area (Å²) in [6, 6.07) is -1.81. The van der Waals surface area contributed by atoms with Gasteiger partial charge in [-0.25, -0.2) is 0 Å². The van der Waals surface area contributed by atoms with E-state index in [9.17, 15) is 14.4 Å². The minimum absolute atomic E-state index is 0.0892. The first kappa shape index (κ1) is 18.7. The first-order chi connectivity index (χ1) is 11.4. The van der Waals surface area contributed by atoms with Crippen LogP contribution in [0.5, 0.6) is 0 Å². The Balaban J connectivity index is 1.92. The van der Waals surface area contributed by atoms with Gasteiger partial charge >= 0.3 is 5.97 Å². The number of esters is 1. The summed E-state index contributed by atoms with van der Waals surface area (Å²) < 4.78 is 10.1. The monoisotopic (exact) mass is 341 g/mol. The average molecular weight is 341 g/mol. The molecule has 2 N–H and O–H groups in total. The lowest BCUT2D eigenvalue weighted by atomic mass is 10.0. The standard InChI is InChI=1S/C16H27N3O5/c1-4-24-16(22)13-12(18-13)14(20)17-11(9-10(2)3)15(21)19-5-7-23-8-6-19/h10-13,18H,4-9H2,1-3H3,(H,17,20)/t11-,12-,13-/m0/s1. The zero-order valence-electron chi connectivity index (χ0n) is 14.5. The predicted octanol–water partition coefficient (Wildman–Crippen LogP) is -0.720. The number of carbonyl (C=O) groups excluding carboxylic acids is 3. The van der Waals surface area contributed by atoms with Crippen LogP contribution in [0.4, 0.5) is 0 Å². The van der Waals surface area contributed by atoms with Crippen LogP contribution in [0.2, 0.25) is 0 Å². The average Bonchev–Trinajstić information content (AvgIpc) is 3.35. The number of morpholine rings is 1. The van der Waals surface area contributed by atoms with E-state index in [0.717, 1.165) is 0 Å². The molecule has 2 heterocycles. The molecule has 0 unspecified atom stereocenters. The van der Waals surface area contributed by atoms with Crippen molar-refractivity contribution in [2.45, 2.75) is 45.3 Å². The van der Waals surface area contributed by atoms with Gasteiger partial charge < -0.3 is 19.7 Å². The van der Waals surface area contributed by atoms with Crippen LogP contribution < -0.4 is 10.6 Å². The lowest BCUT2D eigenvalue weighted by molar-refractivity contribution is -0.143. The lowest BCUT2D eigenvalue weighted by Crippen LogP contribution is -2.53. The summed E-state index contributed by atoms with van der Waals surface area (Å²) in [6.07, 6.45) is 0.554. The van der Waals surface area contributed by atoms with Crippen molar-refractivity contribution in [1.29, 1.82) is 0 Å². The van der Waals surface area contributed by atoms with Gasteiger partial charge in [-0.1, -0.05) is 13.8 Å². The number of hydrogen-bond acceptors (Lipinski definition) is 6. The molecule has 0 aromatic rings. The Morgan fingerprint density at radius 2 is 1.92 bits per heavy atom. The van der Waals surface area contributed by atoms with Crippen LogP contribution in [0.3, 0.4) is 0 Å². The molecule has 2 aliphatic rings. The van der Waals surface area contributed by atoms with Crippen molar-refractivity contribution in [1.82, 2.24) is 15.5 Å². The van der Waals surface area contributed by atoms with Crippen LogP contribution in [0.1, 0.15) is 27.2 Å². The zero-order valence-corrected chi connectivity index (χ0v) is 14.5. The van der Waals surface area contributed by atoms with Crippen molar-refractivity contribution in [3.05, 3.63) is 0 Å². The fourth-order valence-corrected chi connectivity index (χ4v) is 2.76. The SMILES string of the molecule is CCOC(=O)[C@H]1N[C@@H]1C(=O)N[C@@H](CC(C)C)C(=O)N1CCOCC1. The second kappa shape index (κ2) is 8.43. The predicted molar refractivity (Wildman–Crippen MR) is 86.1 cm³/mol. The van der Waals surface area contributed by atoms with Gasteiger partial charge in [0, 0.05) is 13.1 Å². The molecule has 0 spiro atoms. The van der Waals surface area contributed by atoms with E-state index >= 15 is 0 Å². The number of nitrogens with zero attached hydrogens (tertiary/aromatic N) is 1. The number of amides is 2. The number of nitrogens with one attached hydrogen (secondary N) is 2. The highest BCUT2D eigenvalue weighted by molar-refractivity contribution is 5.97. The lowest BCUT2D eigenvalue weighted by Gasteiger charge is -2.31. The second-order valence-corrected chi connectivity index (χ2v) is 6.50. The van der Waals surface area contributed by atoms with Crippen molar-refractivity contribution in [2.24, 2.45) is 5.92 Å². The summed E-state index contributed by atoms with van der Waals surface area (Å²) in [7, 11) is 0. The highest BCUT2D eigenvalue weighted by atomic mass is 16.5. The fraction of sp³-hybridized carbons (Fsp3) is 0.812. The summed E-state index contributed by atoms with van der Waals surface area (Å²) in [4.78, 5) is 38.3. The van der Waals surface area contributed by atoms with E-state index in [1.807, 2.05) is 13.8 Å². The number of hydrogen-bond donors (Lipinski definition) is 2. The number of carbonyl (C=O) groups is 3. The van der Waals surface area contributed by atoms with Crippen LogP contribution in [0, 0.1) is 5.92 Å². The molecule has 8 heteroatoms. The maximum absolute atomic E-state index is 12.7. The first-order valence-corrected chi connectivity index (χ1v) is 8.53. The first-order valence-electron chi connectivity index (χ1n) is 8.53. The Morgan fingerprint density at radius 1 is 1.25 bits per heavy atom. The maximum Gasteiger partial charge on any atom is 0.325 e. The highest BCUT2D eigenvalue weighted by Crippen LogP contribution is 2.15. The summed E-state index contributed by atoms with van der Waals surface area (Å²) >= 11 is 0. The van der Waals surface area contributed by atoms with E-state index in [0.29, 0.717) is 32.7 Å². The fourth-order valence-electron chi connectivity index (χ4n) is 2.76. The van der Waals surface area contributed by atoms with Gasteiger partial charge in [0.25, 0.3) is 0 Å². The van der Waals surface area contributed by atoms with Gasteiger partial charge in [0.05, 0.1) is 19.8 Å². The van der Waals surface area contributed by atoms with E-state index < -0.39 is 24.1 Å². The highest BCUT2D eigenvalue weighted by Gasteiger charge is 2.49. The molecule has 0 bridgehead atoms. The van der Waals surface area contributed by atoms with Crippen LogP contribution in [0.25, 0.3) is 0 Å². The Morgan fingerprint density at radius 3 is 2.50 bits per heavy atom. The van der Waals surface area contributed by atoms with Gasteiger partial charge in [0.2, 0.25) is 11.8 Å². The minimum atomic E-state index is -0.615. The Bertz CT molecular complexity index is 476. The van der Waals surface area contributed by atoms with E-state index in [1.54, 1.807) is 11.8 Å². The molecule has 2 rings (SSSR count). The smallest absolute Gasteiger partial charge is 0.325 e. The van der Waals surface area contributed by atoms with Crippen molar-refractivity contribution in [3.8, 4) is 0 Å². The summed E-state index contributed by atoms with van der Waals surface area (Å²) in [6.45, 7) is 8.11. The molecule has 2 saturated heterocycles. The molecule has 0 aromatic heterocycles. The topological polar surface area (TPSA) is 107 Å². The maximum atomic E-state index is 12.7. The van der Waals surface area contributed by atoms with E-state index in [1.165, 1.54) is 0 Å². The third-order valence-corrected chi connectivity index (χ3v) is 4.05. The number of ether oxygens (including phenoxy) is 2. The van der Waals surface area contributed by atoms with Crippen LogP contribution in [-0.4, -0.2) is 73.7 Å². The van der Waals surface area contributed by atoms with Gasteiger partial charge in [-0.3, -0.25) is 19.7 Å². The molecule has 3 atom stereocenters. The molecular formula is C16H27N3O5. The third-order valence-electron chi connectivity index (χ3n) is 4.05. The van der Waals surface area contributed by atoms with Crippen LogP contribution >= 0.6 is 0 Å². The van der Waals surface area contributed by atoms with E-state index in [2.05, 4.69) is 10.6 Å². The normalized spacial score (nSPS) is 24.4. The van der Waals surface area contributed by atoms with Gasteiger partial charge in [0.1, 0.15) is 18.1 Å². The number of rotatable bonds is 7. The molecule has 24 heavy (non-hydrogen) atoms. The molecule has 136 valence electrons. The Kier molecular flexibility index (Phi) is 6.56. The molecule has 2 fully saturated rings. The minimum Gasteiger partial charge on any atom is -0.465 e. The Hall–Kier alpha value is -1.67. The molecule has 0 aliphatic carbocycles. The van der Waals surface area contributed by atoms with Gasteiger partial charge in [-0.2, -0.15) is 0 Å². The summed E-state index contributed by atoms with van der Waals surface area (Å²) in [5.41, 5.74) is 0. The van der Waals surface area contributed by atoms with Crippen molar-refractivity contribution < 1.29 is 23.9 Å². The van der Waals surface area contributed by atoms with E-state index in [-0.39, 0.29) is 24.3 Å².